The summed E-state index contributed by atoms with van der Waals surface area (Å²) < 4.78 is 38.8. The quantitative estimate of drug-likeness (QED) is 0.512. The SMILES string of the molecule is Oc1c2cccc1OCCOCCOCCOCCOc1cccc(c1O)C=NCCOCCOCCN=C2. The lowest BCUT2D eigenvalue weighted by atomic mass is 10.2. The summed E-state index contributed by atoms with van der Waals surface area (Å²) >= 11 is 0. The average Bonchev–Trinajstić information content (AvgIpc) is 2.94. The smallest absolute Gasteiger partial charge is 0.166 e. The maximum Gasteiger partial charge on any atom is 0.166 e. The van der Waals surface area contributed by atoms with Crippen molar-refractivity contribution >= 4 is 12.4 Å². The van der Waals surface area contributed by atoms with Gasteiger partial charge in [-0.25, -0.2) is 0 Å². The first kappa shape index (κ1) is 30.3. The number of fused-ring (bicyclic) bond motifs is 4. The summed E-state index contributed by atoms with van der Waals surface area (Å²) in [5.74, 6) is 0.807. The zero-order valence-electron chi connectivity index (χ0n) is 22.2. The first-order valence-corrected chi connectivity index (χ1v) is 13.0. The summed E-state index contributed by atoms with van der Waals surface area (Å²) in [6.07, 6.45) is 3.19. The highest BCUT2D eigenvalue weighted by atomic mass is 16.6. The molecule has 1 aliphatic rings. The van der Waals surface area contributed by atoms with Gasteiger partial charge in [-0.05, 0) is 24.3 Å². The van der Waals surface area contributed by atoms with Crippen molar-refractivity contribution in [3.05, 3.63) is 47.5 Å². The van der Waals surface area contributed by atoms with Crippen LogP contribution in [0.5, 0.6) is 23.0 Å². The predicted octanol–water partition coefficient (Wildman–Crippen LogP) is 2.49. The first-order valence-electron chi connectivity index (χ1n) is 13.0. The molecule has 0 fully saturated rings. The largest absolute Gasteiger partial charge is 0.504 e. The highest BCUT2D eigenvalue weighted by molar-refractivity contribution is 5.85. The number of nitrogens with zero attached hydrogens (tertiary/aromatic N) is 2. The number of rotatable bonds is 0. The Morgan fingerprint density at radius 1 is 0.462 bits per heavy atom. The Kier molecular flexibility index (Phi) is 14.7. The number of ether oxygens (including phenoxy) is 7. The van der Waals surface area contributed by atoms with Crippen LogP contribution in [0.2, 0.25) is 0 Å². The van der Waals surface area contributed by atoms with Crippen LogP contribution < -0.4 is 9.47 Å². The van der Waals surface area contributed by atoms with Crippen LogP contribution in [-0.4, -0.2) is 115 Å². The highest BCUT2D eigenvalue weighted by Gasteiger charge is 2.08. The van der Waals surface area contributed by atoms with Gasteiger partial charge >= 0.3 is 0 Å². The summed E-state index contributed by atoms with van der Waals surface area (Å²) in [7, 11) is 0. The number of benzene rings is 2. The number of hydrogen-bond acceptors (Lipinski definition) is 11. The number of aromatic hydroxyl groups is 2. The summed E-state index contributed by atoms with van der Waals surface area (Å²) in [5.41, 5.74) is 1.13. The molecule has 0 saturated heterocycles. The van der Waals surface area contributed by atoms with Gasteiger partial charge in [0.15, 0.2) is 23.0 Å². The Bertz CT molecular complexity index is 937. The van der Waals surface area contributed by atoms with Crippen molar-refractivity contribution in [2.45, 2.75) is 0 Å². The maximum atomic E-state index is 10.4. The molecule has 0 atom stereocenters. The number of phenolic OH excluding ortho intramolecular Hbond substituents is 2. The molecular formula is C28H38N2O9. The molecule has 0 amide bonds. The van der Waals surface area contributed by atoms with Gasteiger partial charge in [0.1, 0.15) is 13.2 Å². The van der Waals surface area contributed by atoms with Gasteiger partial charge in [0.25, 0.3) is 0 Å². The van der Waals surface area contributed by atoms with E-state index in [0.717, 1.165) is 0 Å². The van der Waals surface area contributed by atoms with Gasteiger partial charge in [0.05, 0.1) is 79.2 Å². The van der Waals surface area contributed by atoms with Crippen molar-refractivity contribution < 1.29 is 43.4 Å². The summed E-state index contributed by atoms with van der Waals surface area (Å²) in [6, 6.07) is 10.5. The Morgan fingerprint density at radius 2 is 0.821 bits per heavy atom. The van der Waals surface area contributed by atoms with Crippen LogP contribution in [-0.2, 0) is 23.7 Å². The molecule has 4 bridgehead atoms. The van der Waals surface area contributed by atoms with Crippen molar-refractivity contribution in [2.75, 3.05) is 92.4 Å². The molecule has 39 heavy (non-hydrogen) atoms. The van der Waals surface area contributed by atoms with Crippen molar-refractivity contribution in [2.24, 2.45) is 9.98 Å². The molecule has 0 unspecified atom stereocenters. The summed E-state index contributed by atoms with van der Waals surface area (Å²) in [5, 5.41) is 20.9. The molecule has 2 aromatic rings. The monoisotopic (exact) mass is 546 g/mol. The number of phenols is 2. The Balaban J connectivity index is 1.46. The van der Waals surface area contributed by atoms with E-state index < -0.39 is 0 Å². The molecule has 0 saturated carbocycles. The van der Waals surface area contributed by atoms with Crippen LogP contribution in [0.1, 0.15) is 11.1 Å². The number of aliphatic imine (C=N–C) groups is 2. The van der Waals surface area contributed by atoms with Gasteiger partial charge in [-0.1, -0.05) is 12.1 Å². The second-order valence-corrected chi connectivity index (χ2v) is 8.22. The van der Waals surface area contributed by atoms with Gasteiger partial charge in [-0.3, -0.25) is 9.98 Å². The van der Waals surface area contributed by atoms with E-state index in [1.807, 2.05) is 0 Å². The molecule has 0 spiro atoms. The van der Waals surface area contributed by atoms with Gasteiger partial charge in [-0.2, -0.15) is 0 Å². The van der Waals surface area contributed by atoms with Gasteiger partial charge in [0, 0.05) is 23.6 Å². The van der Waals surface area contributed by atoms with Crippen LogP contribution >= 0.6 is 0 Å². The van der Waals surface area contributed by atoms with Gasteiger partial charge in [-0.15, -0.1) is 0 Å². The maximum absolute atomic E-state index is 10.4. The topological polar surface area (TPSA) is 130 Å². The Morgan fingerprint density at radius 3 is 1.23 bits per heavy atom. The van der Waals surface area contributed by atoms with E-state index in [0.29, 0.717) is 102 Å². The second kappa shape index (κ2) is 18.9. The van der Waals surface area contributed by atoms with Crippen molar-refractivity contribution in [3.8, 4) is 23.0 Å². The molecule has 0 radical (unpaired) electrons. The normalized spacial score (nSPS) is 18.3. The van der Waals surface area contributed by atoms with Crippen LogP contribution in [0.4, 0.5) is 0 Å². The zero-order chi connectivity index (χ0) is 27.4. The standard InChI is InChI=1S/C28H38N2O9/c31-27-23-3-1-5-25(27)38-19-17-36-15-13-35-14-16-37-18-20-39-26-6-2-4-24(28(26)32)22-30-8-10-34-12-11-33-9-7-29-21-23/h1-6,21-22,31-32H,7-20H2. The molecule has 11 nitrogen and oxygen atoms in total. The van der Waals surface area contributed by atoms with Crippen LogP contribution in [0, 0.1) is 0 Å². The third-order valence-electron chi connectivity index (χ3n) is 5.34. The molecule has 11 heteroatoms. The molecule has 1 heterocycles. The van der Waals surface area contributed by atoms with E-state index in [1.165, 1.54) is 0 Å². The Hall–Kier alpha value is -3.22. The molecule has 0 aliphatic carbocycles. The van der Waals surface area contributed by atoms with E-state index >= 15 is 0 Å². The molecule has 2 N–H and O–H groups in total. The highest BCUT2D eigenvalue weighted by Crippen LogP contribution is 2.29. The number of para-hydroxylation sites is 2. The molecule has 3 rings (SSSR count). The van der Waals surface area contributed by atoms with Crippen molar-refractivity contribution in [1.82, 2.24) is 0 Å². The Labute approximate surface area is 228 Å². The molecule has 1 aliphatic heterocycles. The minimum absolute atomic E-state index is 0.0324. The fraction of sp³-hybridized carbons (Fsp3) is 0.500. The van der Waals surface area contributed by atoms with Crippen molar-refractivity contribution in [3.63, 3.8) is 0 Å². The lowest BCUT2D eigenvalue weighted by Gasteiger charge is -2.11. The predicted molar refractivity (Wildman–Crippen MR) is 146 cm³/mol. The summed E-state index contributed by atoms with van der Waals surface area (Å²) in [4.78, 5) is 8.61. The second-order valence-electron chi connectivity index (χ2n) is 8.22. The van der Waals surface area contributed by atoms with E-state index in [4.69, 9.17) is 33.2 Å². The number of hydrogen-bond donors (Lipinski definition) is 2. The van der Waals surface area contributed by atoms with E-state index in [2.05, 4.69) is 9.98 Å². The van der Waals surface area contributed by atoms with Crippen LogP contribution in [0.25, 0.3) is 0 Å². The average molecular weight is 547 g/mol. The van der Waals surface area contributed by atoms with Crippen LogP contribution in [0.15, 0.2) is 46.4 Å². The minimum Gasteiger partial charge on any atom is -0.504 e. The fourth-order valence-corrected chi connectivity index (χ4v) is 3.37. The lowest BCUT2D eigenvalue weighted by molar-refractivity contribution is 0.00479. The molecule has 0 aromatic heterocycles. The van der Waals surface area contributed by atoms with Gasteiger partial charge in [0.2, 0.25) is 0 Å². The molecular weight excluding hydrogens is 508 g/mol. The fourth-order valence-electron chi connectivity index (χ4n) is 3.37. The van der Waals surface area contributed by atoms with Gasteiger partial charge < -0.3 is 43.4 Å². The van der Waals surface area contributed by atoms with E-state index in [9.17, 15) is 10.2 Å². The third-order valence-corrected chi connectivity index (χ3v) is 5.34. The molecule has 214 valence electrons. The zero-order valence-corrected chi connectivity index (χ0v) is 22.2. The van der Waals surface area contributed by atoms with E-state index in [-0.39, 0.29) is 24.7 Å². The first-order chi connectivity index (χ1) is 19.3. The van der Waals surface area contributed by atoms with Crippen LogP contribution in [0.3, 0.4) is 0 Å². The third kappa shape index (κ3) is 12.0. The molecule has 2 aromatic carbocycles. The minimum atomic E-state index is 0.0324. The lowest BCUT2D eigenvalue weighted by Crippen LogP contribution is -2.14. The van der Waals surface area contributed by atoms with Crippen molar-refractivity contribution in [1.29, 1.82) is 0 Å². The summed E-state index contributed by atoms with van der Waals surface area (Å²) in [6.45, 7) is 5.60. The van der Waals surface area contributed by atoms with E-state index in [1.54, 1.807) is 48.8 Å².